The topological polar surface area (TPSA) is 81.4 Å². The predicted molar refractivity (Wildman–Crippen MR) is 105 cm³/mol. The fraction of sp³-hybridized carbons (Fsp3) is 0.273. The van der Waals surface area contributed by atoms with Crippen molar-refractivity contribution in [2.45, 2.75) is 31.4 Å². The molecule has 2 amide bonds. The van der Waals surface area contributed by atoms with E-state index >= 15 is 0 Å². The number of nitrogens with one attached hydrogen (secondary N) is 1. The number of benzene rings is 3. The van der Waals surface area contributed by atoms with E-state index in [1.54, 1.807) is 0 Å². The van der Waals surface area contributed by atoms with Crippen LogP contribution in [0.5, 0.6) is 0 Å². The van der Waals surface area contributed by atoms with Crippen LogP contribution in [0, 0.1) is 0 Å². The van der Waals surface area contributed by atoms with E-state index < -0.39 is 18.1 Å². The summed E-state index contributed by atoms with van der Waals surface area (Å²) in [7, 11) is 0. The van der Waals surface area contributed by atoms with E-state index in [1.807, 2.05) is 36.4 Å². The summed E-state index contributed by atoms with van der Waals surface area (Å²) in [4.78, 5) is 24.5. The minimum atomic E-state index is -0.782. The average molecular weight is 362 g/mol. The van der Waals surface area contributed by atoms with Crippen LogP contribution in [-0.4, -0.2) is 30.6 Å². The third kappa shape index (κ3) is 3.51. The van der Waals surface area contributed by atoms with Crippen LogP contribution in [0.3, 0.4) is 0 Å². The maximum absolute atomic E-state index is 12.4. The molecule has 1 heterocycles. The molecule has 138 valence electrons. The molecule has 0 spiro atoms. The summed E-state index contributed by atoms with van der Waals surface area (Å²) in [5.41, 5.74) is 6.64. The highest BCUT2D eigenvalue weighted by molar-refractivity contribution is 6.03. The first-order valence-corrected chi connectivity index (χ1v) is 9.24. The van der Waals surface area contributed by atoms with Crippen LogP contribution < -0.4 is 11.1 Å². The highest BCUT2D eigenvalue weighted by Gasteiger charge is 2.28. The first-order chi connectivity index (χ1) is 13.1. The molecule has 0 unspecified atom stereocenters. The number of hydrogen-bond donors (Lipinski definition) is 2. The van der Waals surface area contributed by atoms with Gasteiger partial charge in [-0.3, -0.25) is 9.59 Å². The standard InChI is InChI=1S/C22H22N2O3/c23-21(25)19(24-22(26)20-10-5-11-27-20)13-18-16-8-3-1-6-14(16)12-15-7-2-4-9-17(15)18/h1-4,6-9,12,19-20H,5,10-11,13H2,(H2,23,25)(H,24,26)/t19-,20-/m0/s1. The molecule has 0 aromatic heterocycles. The van der Waals surface area contributed by atoms with Gasteiger partial charge >= 0.3 is 0 Å². The molecule has 3 N–H and O–H groups in total. The second-order valence-corrected chi connectivity index (χ2v) is 6.97. The number of carbonyl (C=O) groups excluding carboxylic acids is 2. The smallest absolute Gasteiger partial charge is 0.249 e. The van der Waals surface area contributed by atoms with Gasteiger partial charge in [0.1, 0.15) is 12.1 Å². The van der Waals surface area contributed by atoms with Crippen molar-refractivity contribution in [1.82, 2.24) is 5.32 Å². The van der Waals surface area contributed by atoms with Gasteiger partial charge in [0.25, 0.3) is 0 Å². The van der Waals surface area contributed by atoms with Crippen LogP contribution in [0.25, 0.3) is 21.5 Å². The molecule has 3 aromatic rings. The summed E-state index contributed by atoms with van der Waals surface area (Å²) in [5, 5.41) is 7.12. The molecule has 4 rings (SSSR count). The molecule has 1 aliphatic rings. The van der Waals surface area contributed by atoms with Gasteiger partial charge in [-0.1, -0.05) is 48.5 Å². The lowest BCUT2D eigenvalue weighted by Crippen LogP contribution is -2.49. The van der Waals surface area contributed by atoms with E-state index in [0.717, 1.165) is 33.5 Å². The number of carbonyl (C=O) groups is 2. The van der Waals surface area contributed by atoms with Crippen molar-refractivity contribution in [3.05, 3.63) is 60.2 Å². The quantitative estimate of drug-likeness (QED) is 0.685. The van der Waals surface area contributed by atoms with Gasteiger partial charge in [-0.05, 0) is 46.0 Å². The highest BCUT2D eigenvalue weighted by Crippen LogP contribution is 2.29. The van der Waals surface area contributed by atoms with Crippen LogP contribution in [-0.2, 0) is 20.7 Å². The fourth-order valence-corrected chi connectivity index (χ4v) is 3.80. The molecule has 2 atom stereocenters. The van der Waals surface area contributed by atoms with Gasteiger partial charge in [0, 0.05) is 13.0 Å². The molecule has 1 aliphatic heterocycles. The largest absolute Gasteiger partial charge is 0.368 e. The van der Waals surface area contributed by atoms with E-state index in [1.165, 1.54) is 0 Å². The van der Waals surface area contributed by atoms with Crippen molar-refractivity contribution in [2.75, 3.05) is 6.61 Å². The zero-order valence-corrected chi connectivity index (χ0v) is 15.0. The average Bonchev–Trinajstić information content (AvgIpc) is 3.21. The van der Waals surface area contributed by atoms with Crippen molar-refractivity contribution in [3.63, 3.8) is 0 Å². The zero-order chi connectivity index (χ0) is 18.8. The van der Waals surface area contributed by atoms with Gasteiger partial charge in [-0.25, -0.2) is 0 Å². The van der Waals surface area contributed by atoms with E-state index in [2.05, 4.69) is 23.5 Å². The van der Waals surface area contributed by atoms with Gasteiger partial charge in [-0.2, -0.15) is 0 Å². The molecule has 0 radical (unpaired) electrons. The third-order valence-electron chi connectivity index (χ3n) is 5.17. The summed E-state index contributed by atoms with van der Waals surface area (Å²) < 4.78 is 5.42. The molecule has 0 aliphatic carbocycles. The van der Waals surface area contributed by atoms with Gasteiger partial charge in [0.05, 0.1) is 0 Å². The first kappa shape index (κ1) is 17.5. The molecule has 1 fully saturated rings. The van der Waals surface area contributed by atoms with Crippen LogP contribution in [0.1, 0.15) is 18.4 Å². The zero-order valence-electron chi connectivity index (χ0n) is 15.0. The van der Waals surface area contributed by atoms with Crippen LogP contribution in [0.15, 0.2) is 54.6 Å². The maximum Gasteiger partial charge on any atom is 0.249 e. The molecule has 3 aromatic carbocycles. The number of fused-ring (bicyclic) bond motifs is 2. The Bertz CT molecular complexity index is 955. The van der Waals surface area contributed by atoms with Crippen LogP contribution in [0.2, 0.25) is 0 Å². The van der Waals surface area contributed by atoms with Gasteiger partial charge in [0.2, 0.25) is 11.8 Å². The van der Waals surface area contributed by atoms with Crippen molar-refractivity contribution < 1.29 is 14.3 Å². The highest BCUT2D eigenvalue weighted by atomic mass is 16.5. The molecule has 0 saturated carbocycles. The number of rotatable bonds is 5. The lowest BCUT2D eigenvalue weighted by Gasteiger charge is -2.20. The van der Waals surface area contributed by atoms with Crippen molar-refractivity contribution in [3.8, 4) is 0 Å². The van der Waals surface area contributed by atoms with Crippen molar-refractivity contribution in [2.24, 2.45) is 5.73 Å². The number of ether oxygens (including phenoxy) is 1. The normalized spacial score (nSPS) is 17.9. The minimum Gasteiger partial charge on any atom is -0.368 e. The second-order valence-electron chi connectivity index (χ2n) is 6.97. The van der Waals surface area contributed by atoms with E-state index in [-0.39, 0.29) is 5.91 Å². The summed E-state index contributed by atoms with van der Waals surface area (Å²) >= 11 is 0. The van der Waals surface area contributed by atoms with Crippen LogP contribution in [0.4, 0.5) is 0 Å². The first-order valence-electron chi connectivity index (χ1n) is 9.24. The molecule has 27 heavy (non-hydrogen) atoms. The Labute approximate surface area is 157 Å². The molecule has 5 heteroatoms. The molecular weight excluding hydrogens is 340 g/mol. The number of nitrogens with two attached hydrogens (primary N) is 1. The SMILES string of the molecule is NC(=O)[C@H](Cc1c2ccccc2cc2ccccc12)NC(=O)[C@@H]1CCCO1. The monoisotopic (exact) mass is 362 g/mol. The van der Waals surface area contributed by atoms with Gasteiger partial charge in [-0.15, -0.1) is 0 Å². The van der Waals surface area contributed by atoms with E-state index in [9.17, 15) is 9.59 Å². The Morgan fingerprint density at radius 3 is 2.26 bits per heavy atom. The summed E-state index contributed by atoms with van der Waals surface area (Å²) in [6.07, 6.45) is 1.38. The predicted octanol–water partition coefficient (Wildman–Crippen LogP) is 2.68. The minimum absolute atomic E-state index is 0.263. The Morgan fingerprint density at radius 2 is 1.70 bits per heavy atom. The Kier molecular flexibility index (Phi) is 4.77. The summed E-state index contributed by atoms with van der Waals surface area (Å²) in [6, 6.07) is 17.5. The summed E-state index contributed by atoms with van der Waals surface area (Å²) in [6.45, 7) is 0.577. The number of primary amides is 1. The molecular formula is C22H22N2O3. The van der Waals surface area contributed by atoms with E-state index in [4.69, 9.17) is 10.5 Å². The maximum atomic E-state index is 12.4. The number of amides is 2. The lowest BCUT2D eigenvalue weighted by molar-refractivity contribution is -0.133. The lowest BCUT2D eigenvalue weighted by atomic mass is 9.92. The van der Waals surface area contributed by atoms with Gasteiger partial charge < -0.3 is 15.8 Å². The molecule has 5 nitrogen and oxygen atoms in total. The Balaban J connectivity index is 1.72. The number of hydrogen-bond acceptors (Lipinski definition) is 3. The second kappa shape index (κ2) is 7.37. The summed E-state index contributed by atoms with van der Waals surface area (Å²) in [5.74, 6) is -0.806. The van der Waals surface area contributed by atoms with E-state index in [0.29, 0.717) is 19.4 Å². The Morgan fingerprint density at radius 1 is 1.07 bits per heavy atom. The van der Waals surface area contributed by atoms with Gasteiger partial charge in [0.15, 0.2) is 0 Å². The third-order valence-corrected chi connectivity index (χ3v) is 5.17. The van der Waals surface area contributed by atoms with Crippen molar-refractivity contribution >= 4 is 33.4 Å². The fourth-order valence-electron chi connectivity index (χ4n) is 3.80. The molecule has 1 saturated heterocycles. The van der Waals surface area contributed by atoms with Crippen molar-refractivity contribution in [1.29, 1.82) is 0 Å². The van der Waals surface area contributed by atoms with Crippen LogP contribution >= 0.6 is 0 Å². The molecule has 0 bridgehead atoms. The Hall–Kier alpha value is -2.92.